The zero-order valence-electron chi connectivity index (χ0n) is 17.6. The van der Waals surface area contributed by atoms with E-state index < -0.39 is 0 Å². The molecule has 3 N–H and O–H groups in total. The van der Waals surface area contributed by atoms with Crippen LogP contribution in [-0.4, -0.2) is 45.3 Å². The second-order valence-electron chi connectivity index (χ2n) is 7.10. The van der Waals surface area contributed by atoms with E-state index in [4.69, 9.17) is 44.5 Å². The van der Waals surface area contributed by atoms with Gasteiger partial charge in [0.15, 0.2) is 0 Å². The number of benzene rings is 2. The molecule has 4 aromatic rings. The van der Waals surface area contributed by atoms with Crippen LogP contribution >= 0.6 is 34.8 Å². The van der Waals surface area contributed by atoms with E-state index in [2.05, 4.69) is 20.3 Å². The Morgan fingerprint density at radius 3 is 2.55 bits per heavy atom. The summed E-state index contributed by atoms with van der Waals surface area (Å²) in [5.41, 5.74) is 3.84. The lowest BCUT2D eigenvalue weighted by Gasteiger charge is -2.07. The van der Waals surface area contributed by atoms with Crippen molar-refractivity contribution in [3.63, 3.8) is 0 Å². The lowest BCUT2D eigenvalue weighted by atomic mass is 10.1. The summed E-state index contributed by atoms with van der Waals surface area (Å²) in [5, 5.41) is 13.9. The van der Waals surface area contributed by atoms with Crippen LogP contribution in [0.5, 0.6) is 0 Å². The van der Waals surface area contributed by atoms with Crippen molar-refractivity contribution in [1.82, 2.24) is 19.9 Å². The Labute approximate surface area is 205 Å². The first-order valence-corrected chi connectivity index (χ1v) is 11.1. The summed E-state index contributed by atoms with van der Waals surface area (Å²) >= 11 is 19.2. The molecule has 0 atom stereocenters. The van der Waals surface area contributed by atoms with Crippen molar-refractivity contribution in [2.45, 2.75) is 6.61 Å². The van der Waals surface area contributed by atoms with Crippen molar-refractivity contribution < 1.29 is 9.84 Å². The van der Waals surface area contributed by atoms with Gasteiger partial charge in [-0.25, -0.2) is 15.0 Å². The van der Waals surface area contributed by atoms with Crippen molar-refractivity contribution in [2.24, 2.45) is 0 Å². The fourth-order valence-corrected chi connectivity index (χ4v) is 4.21. The summed E-state index contributed by atoms with van der Waals surface area (Å²) in [6, 6.07) is 12.5. The number of aromatic nitrogens is 4. The predicted molar refractivity (Wildman–Crippen MR) is 132 cm³/mol. The summed E-state index contributed by atoms with van der Waals surface area (Å²) < 4.78 is 5.07. The molecule has 2 aromatic heterocycles. The molecule has 2 heterocycles. The summed E-state index contributed by atoms with van der Waals surface area (Å²) in [4.78, 5) is 17.0. The van der Waals surface area contributed by atoms with Crippen molar-refractivity contribution in [1.29, 1.82) is 0 Å². The van der Waals surface area contributed by atoms with Crippen molar-refractivity contribution in [3.05, 3.63) is 69.3 Å². The van der Waals surface area contributed by atoms with Crippen molar-refractivity contribution in [2.75, 3.05) is 25.6 Å². The van der Waals surface area contributed by atoms with E-state index in [-0.39, 0.29) is 6.61 Å². The molecule has 0 amide bonds. The monoisotopic (exact) mass is 503 g/mol. The first kappa shape index (κ1) is 23.5. The largest absolute Gasteiger partial charge is 0.392 e. The molecule has 0 spiro atoms. The van der Waals surface area contributed by atoms with Gasteiger partial charge in [-0.3, -0.25) is 0 Å². The Hall–Kier alpha value is -2.68. The smallest absolute Gasteiger partial charge is 0.223 e. The maximum atomic E-state index is 9.44. The van der Waals surface area contributed by atoms with Gasteiger partial charge in [-0.15, -0.1) is 0 Å². The summed E-state index contributed by atoms with van der Waals surface area (Å²) in [5.74, 6) is 0.924. The van der Waals surface area contributed by atoms with Gasteiger partial charge in [0.05, 0.1) is 45.9 Å². The molecule has 0 saturated heterocycles. The zero-order chi connectivity index (χ0) is 23.4. The van der Waals surface area contributed by atoms with Crippen LogP contribution in [0.3, 0.4) is 0 Å². The highest BCUT2D eigenvalue weighted by molar-refractivity contribution is 6.39. The molecule has 0 aliphatic heterocycles. The molecule has 0 unspecified atom stereocenters. The van der Waals surface area contributed by atoms with Gasteiger partial charge in [-0.1, -0.05) is 46.9 Å². The van der Waals surface area contributed by atoms with Crippen LogP contribution in [0.25, 0.3) is 34.0 Å². The second-order valence-corrected chi connectivity index (χ2v) is 8.35. The number of H-pyrrole nitrogens is 1. The Morgan fingerprint density at radius 1 is 1.06 bits per heavy atom. The average Bonchev–Trinajstić information content (AvgIpc) is 3.24. The highest BCUT2D eigenvalue weighted by Crippen LogP contribution is 2.39. The first-order valence-electron chi connectivity index (χ1n) is 10.0. The Balaban J connectivity index is 1.85. The van der Waals surface area contributed by atoms with Gasteiger partial charge >= 0.3 is 0 Å². The van der Waals surface area contributed by atoms with E-state index in [0.717, 1.165) is 5.56 Å². The van der Waals surface area contributed by atoms with Gasteiger partial charge in [0, 0.05) is 30.4 Å². The minimum Gasteiger partial charge on any atom is -0.392 e. The summed E-state index contributed by atoms with van der Waals surface area (Å²) in [6.07, 6.45) is 1.66. The zero-order valence-corrected chi connectivity index (χ0v) is 19.8. The summed E-state index contributed by atoms with van der Waals surface area (Å²) in [6.45, 7) is 0.921. The van der Waals surface area contributed by atoms with E-state index in [1.807, 2.05) is 18.2 Å². The number of aromatic amines is 1. The van der Waals surface area contributed by atoms with Gasteiger partial charge in [0.25, 0.3) is 0 Å². The van der Waals surface area contributed by atoms with Crippen LogP contribution in [0.15, 0.2) is 48.7 Å². The quantitative estimate of drug-likeness (QED) is 0.266. The number of hydrogen-bond donors (Lipinski definition) is 3. The SMILES string of the molecule is COCCNc1nccc(-c2[nH]c(-c3c(Cl)cc(CO)cc3Cl)nc2-c2cccc(Cl)c2)n1. The third-order valence-electron chi connectivity index (χ3n) is 4.82. The fourth-order valence-electron chi connectivity index (χ4n) is 3.31. The molecule has 0 aliphatic carbocycles. The number of halogens is 3. The number of hydrogen-bond acceptors (Lipinski definition) is 6. The average molecular weight is 505 g/mol. The Bertz CT molecular complexity index is 1260. The third kappa shape index (κ3) is 5.29. The number of imidazole rings is 1. The molecule has 7 nitrogen and oxygen atoms in total. The van der Waals surface area contributed by atoms with Gasteiger partial charge in [-0.2, -0.15) is 0 Å². The van der Waals surface area contributed by atoms with E-state index in [9.17, 15) is 5.11 Å². The molecule has 170 valence electrons. The van der Waals surface area contributed by atoms with Crippen LogP contribution in [-0.2, 0) is 11.3 Å². The van der Waals surface area contributed by atoms with Crippen LogP contribution in [0, 0.1) is 0 Å². The molecule has 0 radical (unpaired) electrons. The lowest BCUT2D eigenvalue weighted by molar-refractivity contribution is 0.210. The highest BCUT2D eigenvalue weighted by atomic mass is 35.5. The maximum absolute atomic E-state index is 9.44. The molecule has 0 aliphatic rings. The number of nitrogens with zero attached hydrogens (tertiary/aromatic N) is 3. The minimum atomic E-state index is -0.170. The normalized spacial score (nSPS) is 11.1. The molecular formula is C23H20Cl3N5O2. The first-order chi connectivity index (χ1) is 16.0. The summed E-state index contributed by atoms with van der Waals surface area (Å²) in [7, 11) is 1.63. The van der Waals surface area contributed by atoms with E-state index in [1.54, 1.807) is 37.6 Å². The Kier molecular flexibility index (Phi) is 7.47. The molecule has 0 saturated carbocycles. The van der Waals surface area contributed by atoms with Crippen LogP contribution in [0.4, 0.5) is 5.95 Å². The fraction of sp³-hybridized carbons (Fsp3) is 0.174. The standard InChI is InChI=1S/C23H20Cl3N5O2/c1-33-8-7-28-23-27-6-5-18(29-23)21-20(14-3-2-4-15(24)11-14)30-22(31-21)19-16(25)9-13(12-32)10-17(19)26/h2-6,9-11,32H,7-8,12H2,1H3,(H,30,31)(H,27,28,29). The molecule has 0 bridgehead atoms. The maximum Gasteiger partial charge on any atom is 0.223 e. The van der Waals surface area contributed by atoms with Gasteiger partial charge < -0.3 is 20.1 Å². The number of ether oxygens (including phenoxy) is 1. The number of nitrogens with one attached hydrogen (secondary N) is 2. The lowest BCUT2D eigenvalue weighted by Crippen LogP contribution is -2.10. The molecule has 2 aromatic carbocycles. The predicted octanol–water partition coefficient (Wildman–Crippen LogP) is 5.71. The highest BCUT2D eigenvalue weighted by Gasteiger charge is 2.20. The van der Waals surface area contributed by atoms with Gasteiger partial charge in [-0.05, 0) is 35.9 Å². The third-order valence-corrected chi connectivity index (χ3v) is 5.66. The topological polar surface area (TPSA) is 96.0 Å². The number of aliphatic hydroxyl groups excluding tert-OH is 1. The number of anilines is 1. The van der Waals surface area contributed by atoms with Gasteiger partial charge in [0.2, 0.25) is 5.95 Å². The van der Waals surface area contributed by atoms with E-state index >= 15 is 0 Å². The van der Waals surface area contributed by atoms with Crippen LogP contribution < -0.4 is 5.32 Å². The molecular weight excluding hydrogens is 485 g/mol. The number of rotatable bonds is 8. The molecule has 33 heavy (non-hydrogen) atoms. The van der Waals surface area contributed by atoms with Crippen LogP contribution in [0.1, 0.15) is 5.56 Å². The van der Waals surface area contributed by atoms with Crippen molar-refractivity contribution >= 4 is 40.8 Å². The van der Waals surface area contributed by atoms with Gasteiger partial charge in [0.1, 0.15) is 5.82 Å². The Morgan fingerprint density at radius 2 is 1.85 bits per heavy atom. The van der Waals surface area contributed by atoms with Crippen LogP contribution in [0.2, 0.25) is 15.1 Å². The molecule has 10 heteroatoms. The minimum absolute atomic E-state index is 0.170. The number of methoxy groups -OCH3 is 1. The van der Waals surface area contributed by atoms with E-state index in [0.29, 0.717) is 68.2 Å². The number of aliphatic hydroxyl groups is 1. The molecule has 0 fully saturated rings. The second kappa shape index (κ2) is 10.5. The van der Waals surface area contributed by atoms with E-state index in [1.165, 1.54) is 0 Å². The van der Waals surface area contributed by atoms with Crippen molar-refractivity contribution in [3.8, 4) is 34.0 Å². The molecule has 4 rings (SSSR count).